The first kappa shape index (κ1) is 21.7. The molecule has 3 rings (SSSR count). The van der Waals surface area contributed by atoms with Crippen molar-refractivity contribution in [2.45, 2.75) is 56.6 Å². The first-order chi connectivity index (χ1) is 12.7. The lowest BCUT2D eigenvalue weighted by atomic mass is 9.80. The van der Waals surface area contributed by atoms with E-state index in [1.165, 1.54) is 32.1 Å². The molecule has 2 aromatic rings. The number of nitrogens with two attached hydrogens (primary N) is 1. The second-order valence-corrected chi connectivity index (χ2v) is 7.39. The van der Waals surface area contributed by atoms with E-state index in [1.54, 1.807) is 12.7 Å². The zero-order valence-electron chi connectivity index (χ0n) is 16.3. The lowest BCUT2D eigenvalue weighted by Gasteiger charge is -2.36. The van der Waals surface area contributed by atoms with Crippen LogP contribution in [0.15, 0.2) is 72.3 Å². The van der Waals surface area contributed by atoms with Crippen molar-refractivity contribution in [1.29, 1.82) is 0 Å². The van der Waals surface area contributed by atoms with Gasteiger partial charge in [-0.15, -0.1) is 12.4 Å². The lowest BCUT2D eigenvalue weighted by molar-refractivity contribution is 0.00910. The van der Waals surface area contributed by atoms with Gasteiger partial charge in [0.25, 0.3) is 0 Å². The van der Waals surface area contributed by atoms with Crippen LogP contribution in [-0.4, -0.2) is 13.2 Å². The molecule has 146 valence electrons. The predicted octanol–water partition coefficient (Wildman–Crippen LogP) is 6.00. The summed E-state index contributed by atoms with van der Waals surface area (Å²) in [5.41, 5.74) is 10.0. The average Bonchev–Trinajstić information content (AvgIpc) is 2.72. The van der Waals surface area contributed by atoms with E-state index >= 15 is 0 Å². The number of halogens is 1. The second-order valence-electron chi connectivity index (χ2n) is 7.39. The monoisotopic (exact) mass is 385 g/mol. The minimum Gasteiger partial charge on any atom is -0.369 e. The molecule has 2 N–H and O–H groups in total. The molecule has 0 aliphatic heterocycles. The van der Waals surface area contributed by atoms with Crippen LogP contribution in [0.3, 0.4) is 0 Å². The summed E-state index contributed by atoms with van der Waals surface area (Å²) in [4.78, 5) is 0. The number of rotatable bonds is 7. The summed E-state index contributed by atoms with van der Waals surface area (Å²) in [7, 11) is 1.80. The highest BCUT2D eigenvalue weighted by molar-refractivity contribution is 5.85. The van der Waals surface area contributed by atoms with Crippen LogP contribution in [0.5, 0.6) is 0 Å². The van der Waals surface area contributed by atoms with E-state index in [9.17, 15) is 0 Å². The average molecular weight is 386 g/mol. The van der Waals surface area contributed by atoms with Crippen LogP contribution >= 0.6 is 12.4 Å². The molecule has 2 nitrogen and oxygen atoms in total. The summed E-state index contributed by atoms with van der Waals surface area (Å²) in [6, 6.07) is 21.0. The van der Waals surface area contributed by atoms with Gasteiger partial charge in [-0.2, -0.15) is 0 Å². The molecule has 0 aromatic heterocycles. The Kier molecular flexibility index (Phi) is 8.56. The Morgan fingerprint density at radius 3 is 1.93 bits per heavy atom. The number of hydrogen-bond donors (Lipinski definition) is 1. The molecule has 1 unspecified atom stereocenters. The molecule has 3 heteroatoms. The highest BCUT2D eigenvalue weighted by atomic mass is 35.5. The molecule has 0 saturated heterocycles. The quantitative estimate of drug-likeness (QED) is 0.593. The molecule has 2 aromatic carbocycles. The Hall–Kier alpha value is -1.61. The summed E-state index contributed by atoms with van der Waals surface area (Å²) >= 11 is 0. The molecule has 1 fully saturated rings. The number of hydrogen-bond acceptors (Lipinski definition) is 2. The van der Waals surface area contributed by atoms with E-state index in [1.807, 2.05) is 12.1 Å². The molecule has 1 aliphatic rings. The van der Waals surface area contributed by atoms with Crippen LogP contribution in [0.25, 0.3) is 0 Å². The molecule has 0 spiro atoms. The second kappa shape index (κ2) is 10.7. The fourth-order valence-electron chi connectivity index (χ4n) is 4.12. The first-order valence-corrected chi connectivity index (χ1v) is 9.84. The number of allylic oxidation sites excluding steroid dienone is 1. The Morgan fingerprint density at radius 2 is 1.44 bits per heavy atom. The zero-order valence-corrected chi connectivity index (χ0v) is 17.1. The predicted molar refractivity (Wildman–Crippen MR) is 116 cm³/mol. The highest BCUT2D eigenvalue weighted by Crippen LogP contribution is 2.38. The van der Waals surface area contributed by atoms with E-state index in [-0.39, 0.29) is 18.4 Å². The Morgan fingerprint density at radius 1 is 0.926 bits per heavy atom. The maximum atomic E-state index is 6.60. The minimum atomic E-state index is -0.507. The molecule has 1 saturated carbocycles. The van der Waals surface area contributed by atoms with Crippen molar-refractivity contribution in [3.8, 4) is 0 Å². The summed E-state index contributed by atoms with van der Waals surface area (Å²) < 4.78 is 6.17. The molecule has 0 heterocycles. The topological polar surface area (TPSA) is 35.2 Å². The summed E-state index contributed by atoms with van der Waals surface area (Å²) in [6.45, 7) is 0. The molecule has 0 bridgehead atoms. The first-order valence-electron chi connectivity index (χ1n) is 9.84. The van der Waals surface area contributed by atoms with Gasteiger partial charge >= 0.3 is 0 Å². The fourth-order valence-corrected chi connectivity index (χ4v) is 4.12. The van der Waals surface area contributed by atoms with Gasteiger partial charge in [0, 0.05) is 19.6 Å². The molecular formula is C24H32ClNO. The summed E-state index contributed by atoms with van der Waals surface area (Å²) in [5.74, 6) is 0. The summed E-state index contributed by atoms with van der Waals surface area (Å²) in [6.07, 6.45) is 10.6. The van der Waals surface area contributed by atoms with Gasteiger partial charge in [-0.05, 0) is 43.2 Å². The molecule has 1 atom stereocenters. The maximum Gasteiger partial charge on any atom is 0.119 e. The van der Waals surface area contributed by atoms with Crippen LogP contribution < -0.4 is 5.73 Å². The van der Waals surface area contributed by atoms with Crippen molar-refractivity contribution >= 4 is 12.4 Å². The molecule has 0 amide bonds. The van der Waals surface area contributed by atoms with E-state index < -0.39 is 5.60 Å². The van der Waals surface area contributed by atoms with Gasteiger partial charge in [0.1, 0.15) is 5.60 Å². The van der Waals surface area contributed by atoms with Gasteiger partial charge in [-0.1, -0.05) is 78.7 Å². The van der Waals surface area contributed by atoms with Crippen molar-refractivity contribution in [3.63, 3.8) is 0 Å². The third-order valence-electron chi connectivity index (χ3n) is 5.58. The van der Waals surface area contributed by atoms with Gasteiger partial charge in [0.2, 0.25) is 0 Å². The fraction of sp³-hybridized carbons (Fsp3) is 0.417. The van der Waals surface area contributed by atoms with E-state index in [4.69, 9.17) is 10.5 Å². The van der Waals surface area contributed by atoms with Crippen LogP contribution in [0.4, 0.5) is 0 Å². The number of benzene rings is 2. The smallest absolute Gasteiger partial charge is 0.119 e. The van der Waals surface area contributed by atoms with E-state index in [0.29, 0.717) is 0 Å². The van der Waals surface area contributed by atoms with Crippen LogP contribution in [0.1, 0.15) is 56.1 Å². The van der Waals surface area contributed by atoms with Crippen LogP contribution in [0.2, 0.25) is 0 Å². The van der Waals surface area contributed by atoms with Crippen molar-refractivity contribution in [2.75, 3.05) is 7.11 Å². The van der Waals surface area contributed by atoms with Gasteiger partial charge in [0.15, 0.2) is 0 Å². The number of methoxy groups -OCH3 is 1. The maximum absolute atomic E-state index is 6.60. The Labute approximate surface area is 170 Å². The normalized spacial score (nSPS) is 15.7. The number of ether oxygens (including phenoxy) is 1. The third kappa shape index (κ3) is 5.44. The van der Waals surface area contributed by atoms with Gasteiger partial charge in [-0.25, -0.2) is 0 Å². The highest BCUT2D eigenvalue weighted by Gasteiger charge is 2.35. The van der Waals surface area contributed by atoms with E-state index in [0.717, 1.165) is 24.0 Å². The van der Waals surface area contributed by atoms with Crippen molar-refractivity contribution in [1.82, 2.24) is 0 Å². The SMILES string of the molecule is COC(CC(N)CC=C1CCCCC1)(c1ccccc1)c1ccccc1.Cl. The Bertz CT molecular complexity index is 651. The Balaban J connectivity index is 0.00000261. The third-order valence-corrected chi connectivity index (χ3v) is 5.58. The molecular weight excluding hydrogens is 354 g/mol. The van der Waals surface area contributed by atoms with Gasteiger partial charge in [-0.3, -0.25) is 0 Å². The molecule has 1 aliphatic carbocycles. The molecule has 27 heavy (non-hydrogen) atoms. The molecule has 0 radical (unpaired) electrons. The van der Waals surface area contributed by atoms with Crippen molar-refractivity contribution < 1.29 is 4.74 Å². The van der Waals surface area contributed by atoms with Crippen molar-refractivity contribution in [2.24, 2.45) is 5.73 Å². The van der Waals surface area contributed by atoms with E-state index in [2.05, 4.69) is 54.6 Å². The van der Waals surface area contributed by atoms with Crippen LogP contribution in [-0.2, 0) is 10.3 Å². The zero-order chi connectivity index (χ0) is 18.2. The van der Waals surface area contributed by atoms with Gasteiger partial charge in [0.05, 0.1) is 0 Å². The lowest BCUT2D eigenvalue weighted by Crippen LogP contribution is -2.37. The summed E-state index contributed by atoms with van der Waals surface area (Å²) in [5, 5.41) is 0. The van der Waals surface area contributed by atoms with Crippen molar-refractivity contribution in [3.05, 3.63) is 83.4 Å². The largest absolute Gasteiger partial charge is 0.369 e. The van der Waals surface area contributed by atoms with Gasteiger partial charge < -0.3 is 10.5 Å². The van der Waals surface area contributed by atoms with Crippen LogP contribution in [0, 0.1) is 0 Å². The minimum absolute atomic E-state index is 0. The standard InChI is InChI=1S/C24H31NO.ClH/c1-26-24(21-13-7-3-8-14-21,22-15-9-4-10-16-22)19-23(25)18-17-20-11-5-2-6-12-20;/h3-4,7-10,13-17,23H,2,5-6,11-12,18-19,25H2,1H3;1H.